The maximum absolute atomic E-state index is 14.5. The van der Waals surface area contributed by atoms with Crippen LogP contribution in [0.25, 0.3) is 0 Å². The van der Waals surface area contributed by atoms with Crippen molar-refractivity contribution in [2.45, 2.75) is 50.0 Å². The van der Waals surface area contributed by atoms with Gasteiger partial charge in [0.2, 0.25) is 10.0 Å². The summed E-state index contributed by atoms with van der Waals surface area (Å²) in [5.74, 6) is 0.107. The van der Waals surface area contributed by atoms with Crippen LogP contribution in [0.5, 0.6) is 0 Å². The minimum atomic E-state index is -3.80. The van der Waals surface area contributed by atoms with Gasteiger partial charge in [-0.3, -0.25) is 0 Å². The monoisotopic (exact) mass is 366 g/mol. The van der Waals surface area contributed by atoms with Crippen molar-refractivity contribution in [1.82, 2.24) is 19.1 Å². The number of rotatable bonds is 3. The molecule has 0 amide bonds. The summed E-state index contributed by atoms with van der Waals surface area (Å²) >= 11 is 0. The Morgan fingerprint density at radius 2 is 2.00 bits per heavy atom. The minimum absolute atomic E-state index is 0.0212. The number of aromatic nitrogens is 3. The molecular formula is C17H23FN4O2S. The average Bonchev–Trinajstić information content (AvgIpc) is 3.14. The van der Waals surface area contributed by atoms with Crippen LogP contribution in [0.2, 0.25) is 0 Å². The largest absolute Gasteiger partial charge is 0.319 e. The summed E-state index contributed by atoms with van der Waals surface area (Å²) in [4.78, 5) is -0.0212. The second-order valence-corrected chi connectivity index (χ2v) is 9.36. The van der Waals surface area contributed by atoms with Gasteiger partial charge < -0.3 is 4.57 Å². The molecule has 1 aromatic heterocycles. The standard InChI is InChI=1S/C17H23FN4O2S/c1-17(2,3)13-8-7-12(10-14(13)18)25(23,24)22-9-5-6-15(22)16-20-19-11-21(16)4/h7-8,10-11,15H,5-6,9H2,1-4H3. The first-order chi connectivity index (χ1) is 11.6. The highest BCUT2D eigenvalue weighted by molar-refractivity contribution is 7.89. The summed E-state index contributed by atoms with van der Waals surface area (Å²) in [6.07, 6.45) is 2.96. The Balaban J connectivity index is 1.99. The van der Waals surface area contributed by atoms with E-state index in [1.165, 1.54) is 10.4 Å². The van der Waals surface area contributed by atoms with Crippen LogP contribution in [0.3, 0.4) is 0 Å². The van der Waals surface area contributed by atoms with Gasteiger partial charge in [0, 0.05) is 13.6 Å². The second kappa shape index (κ2) is 6.17. The van der Waals surface area contributed by atoms with Crippen LogP contribution >= 0.6 is 0 Å². The van der Waals surface area contributed by atoms with E-state index in [-0.39, 0.29) is 16.4 Å². The number of aryl methyl sites for hydroxylation is 1. The highest BCUT2D eigenvalue weighted by atomic mass is 32.2. The molecule has 2 aromatic rings. The fourth-order valence-electron chi connectivity index (χ4n) is 3.28. The first kappa shape index (κ1) is 18.0. The number of nitrogens with zero attached hydrogens (tertiary/aromatic N) is 4. The minimum Gasteiger partial charge on any atom is -0.319 e. The first-order valence-corrected chi connectivity index (χ1v) is 9.72. The van der Waals surface area contributed by atoms with Crippen molar-refractivity contribution in [1.29, 1.82) is 0 Å². The number of hydrogen-bond acceptors (Lipinski definition) is 4. The molecule has 0 aliphatic carbocycles. The molecule has 1 fully saturated rings. The summed E-state index contributed by atoms with van der Waals surface area (Å²) in [6, 6.07) is 3.81. The maximum Gasteiger partial charge on any atom is 0.243 e. The van der Waals surface area contributed by atoms with Gasteiger partial charge in [0.15, 0.2) is 5.82 Å². The van der Waals surface area contributed by atoms with Crippen molar-refractivity contribution in [2.24, 2.45) is 7.05 Å². The summed E-state index contributed by atoms with van der Waals surface area (Å²) in [5, 5.41) is 7.89. The van der Waals surface area contributed by atoms with Gasteiger partial charge in [-0.2, -0.15) is 4.31 Å². The summed E-state index contributed by atoms with van der Waals surface area (Å²) in [5.41, 5.74) is 0.110. The summed E-state index contributed by atoms with van der Waals surface area (Å²) in [6.45, 7) is 6.07. The molecule has 136 valence electrons. The molecule has 0 spiro atoms. The number of benzene rings is 1. The molecule has 25 heavy (non-hydrogen) atoms. The zero-order valence-corrected chi connectivity index (χ0v) is 15.7. The van der Waals surface area contributed by atoms with E-state index in [0.29, 0.717) is 24.4 Å². The maximum atomic E-state index is 14.5. The smallest absolute Gasteiger partial charge is 0.243 e. The molecule has 1 aromatic carbocycles. The predicted molar refractivity (Wildman–Crippen MR) is 92.0 cm³/mol. The number of sulfonamides is 1. The zero-order chi connectivity index (χ0) is 18.4. The Kier molecular flexibility index (Phi) is 4.45. The van der Waals surface area contributed by atoms with Gasteiger partial charge in [0.05, 0.1) is 10.9 Å². The molecule has 0 saturated carbocycles. The van der Waals surface area contributed by atoms with Crippen LogP contribution in [0.1, 0.15) is 51.0 Å². The van der Waals surface area contributed by atoms with Crippen LogP contribution in [-0.4, -0.2) is 34.0 Å². The van der Waals surface area contributed by atoms with Crippen molar-refractivity contribution in [2.75, 3.05) is 6.54 Å². The van der Waals surface area contributed by atoms with Gasteiger partial charge in [-0.05, 0) is 36.0 Å². The van der Waals surface area contributed by atoms with E-state index in [4.69, 9.17) is 0 Å². The van der Waals surface area contributed by atoms with Crippen molar-refractivity contribution in [3.05, 3.63) is 41.7 Å². The van der Waals surface area contributed by atoms with Gasteiger partial charge in [-0.25, -0.2) is 12.8 Å². The normalized spacial score (nSPS) is 19.5. The van der Waals surface area contributed by atoms with E-state index in [0.717, 1.165) is 12.5 Å². The van der Waals surface area contributed by atoms with Gasteiger partial charge in [0.25, 0.3) is 0 Å². The molecule has 3 rings (SSSR count). The van der Waals surface area contributed by atoms with Gasteiger partial charge in [0.1, 0.15) is 12.1 Å². The second-order valence-electron chi connectivity index (χ2n) is 7.47. The third-order valence-electron chi connectivity index (χ3n) is 4.60. The van der Waals surface area contributed by atoms with Crippen molar-refractivity contribution in [3.8, 4) is 0 Å². The van der Waals surface area contributed by atoms with E-state index >= 15 is 0 Å². The lowest BCUT2D eigenvalue weighted by Gasteiger charge is -2.24. The Morgan fingerprint density at radius 1 is 1.28 bits per heavy atom. The number of halogens is 1. The first-order valence-electron chi connectivity index (χ1n) is 8.28. The highest BCUT2D eigenvalue weighted by Gasteiger charge is 2.38. The highest BCUT2D eigenvalue weighted by Crippen LogP contribution is 2.36. The van der Waals surface area contributed by atoms with E-state index in [1.807, 2.05) is 20.8 Å². The molecule has 2 heterocycles. The fourth-order valence-corrected chi connectivity index (χ4v) is 4.95. The molecule has 6 nitrogen and oxygen atoms in total. The van der Waals surface area contributed by atoms with Crippen LogP contribution in [0.4, 0.5) is 4.39 Å². The molecule has 8 heteroatoms. The molecule has 0 N–H and O–H groups in total. The van der Waals surface area contributed by atoms with Crippen LogP contribution in [-0.2, 0) is 22.5 Å². The van der Waals surface area contributed by atoms with Gasteiger partial charge >= 0.3 is 0 Å². The molecule has 1 unspecified atom stereocenters. The summed E-state index contributed by atoms with van der Waals surface area (Å²) < 4.78 is 43.8. The predicted octanol–water partition coefficient (Wildman–Crippen LogP) is 2.78. The quantitative estimate of drug-likeness (QED) is 0.838. The molecule has 1 aliphatic rings. The third-order valence-corrected chi connectivity index (χ3v) is 6.51. The van der Waals surface area contributed by atoms with E-state index in [9.17, 15) is 12.8 Å². The SMILES string of the molecule is Cn1cnnc1C1CCCN1S(=O)(=O)c1ccc(C(C)(C)C)c(F)c1. The average molecular weight is 366 g/mol. The molecule has 0 radical (unpaired) electrons. The Hall–Kier alpha value is -1.80. The topological polar surface area (TPSA) is 68.1 Å². The van der Waals surface area contributed by atoms with Gasteiger partial charge in [-0.1, -0.05) is 26.8 Å². The van der Waals surface area contributed by atoms with Crippen LogP contribution < -0.4 is 0 Å². The van der Waals surface area contributed by atoms with Crippen LogP contribution in [0.15, 0.2) is 29.4 Å². The lowest BCUT2D eigenvalue weighted by Crippen LogP contribution is -2.32. The molecule has 1 aliphatic heterocycles. The summed E-state index contributed by atoms with van der Waals surface area (Å²) in [7, 11) is -2.02. The van der Waals surface area contributed by atoms with E-state index < -0.39 is 15.8 Å². The van der Waals surface area contributed by atoms with Gasteiger partial charge in [-0.15, -0.1) is 10.2 Å². The molecule has 0 bridgehead atoms. The lowest BCUT2D eigenvalue weighted by molar-refractivity contribution is 0.376. The van der Waals surface area contributed by atoms with Crippen LogP contribution in [0, 0.1) is 5.82 Å². The Labute approximate surface area is 147 Å². The lowest BCUT2D eigenvalue weighted by atomic mass is 9.87. The third kappa shape index (κ3) is 3.20. The Morgan fingerprint density at radius 3 is 2.56 bits per heavy atom. The van der Waals surface area contributed by atoms with Crippen molar-refractivity contribution >= 4 is 10.0 Å². The molecule has 1 atom stereocenters. The van der Waals surface area contributed by atoms with Crippen molar-refractivity contribution < 1.29 is 12.8 Å². The van der Waals surface area contributed by atoms with E-state index in [2.05, 4.69) is 10.2 Å². The van der Waals surface area contributed by atoms with E-state index in [1.54, 1.807) is 24.0 Å². The molecule has 1 saturated heterocycles. The molecular weight excluding hydrogens is 343 g/mol. The Bertz CT molecular complexity index is 886. The fraction of sp³-hybridized carbons (Fsp3) is 0.529. The van der Waals surface area contributed by atoms with Crippen molar-refractivity contribution in [3.63, 3.8) is 0 Å². The zero-order valence-electron chi connectivity index (χ0n) is 14.9. The number of hydrogen-bond donors (Lipinski definition) is 0.